The first kappa shape index (κ1) is 9.96. The molecular weight excluding hydrogens is 156 g/mol. The molecular formula is C9H18O3. The van der Waals surface area contributed by atoms with E-state index in [-0.39, 0.29) is 18.8 Å². The van der Waals surface area contributed by atoms with Crippen LogP contribution in [0.5, 0.6) is 0 Å². The Hall–Kier alpha value is -0.120. The van der Waals surface area contributed by atoms with Gasteiger partial charge in [0.05, 0.1) is 24.4 Å². The Kier molecular flexibility index (Phi) is 3.09. The summed E-state index contributed by atoms with van der Waals surface area (Å²) in [4.78, 5) is 0. The highest BCUT2D eigenvalue weighted by Crippen LogP contribution is 2.26. The first-order chi connectivity index (χ1) is 5.54. The fraction of sp³-hybridized carbons (Fsp3) is 1.00. The van der Waals surface area contributed by atoms with E-state index in [1.165, 1.54) is 0 Å². The zero-order valence-electron chi connectivity index (χ0n) is 7.79. The Morgan fingerprint density at radius 3 is 2.58 bits per heavy atom. The molecule has 2 atom stereocenters. The summed E-state index contributed by atoms with van der Waals surface area (Å²) in [7, 11) is 0. The quantitative estimate of drug-likeness (QED) is 0.647. The second kappa shape index (κ2) is 3.73. The summed E-state index contributed by atoms with van der Waals surface area (Å²) in [6, 6.07) is 0. The van der Waals surface area contributed by atoms with Gasteiger partial charge >= 0.3 is 0 Å². The number of rotatable bonds is 2. The molecule has 1 aliphatic rings. The highest BCUT2D eigenvalue weighted by atomic mass is 16.5. The van der Waals surface area contributed by atoms with Crippen molar-refractivity contribution < 1.29 is 14.9 Å². The Morgan fingerprint density at radius 2 is 2.08 bits per heavy atom. The lowest BCUT2D eigenvalue weighted by atomic mass is 9.93. The molecule has 0 unspecified atom stereocenters. The average molecular weight is 174 g/mol. The first-order valence-corrected chi connectivity index (χ1v) is 4.52. The van der Waals surface area contributed by atoms with Gasteiger partial charge < -0.3 is 14.9 Å². The van der Waals surface area contributed by atoms with E-state index >= 15 is 0 Å². The van der Waals surface area contributed by atoms with Crippen molar-refractivity contribution in [2.45, 2.75) is 50.9 Å². The van der Waals surface area contributed by atoms with E-state index in [9.17, 15) is 5.11 Å². The van der Waals surface area contributed by atoms with E-state index in [0.29, 0.717) is 0 Å². The minimum absolute atomic E-state index is 0.0621. The minimum atomic E-state index is -0.784. The molecule has 0 aromatic carbocycles. The molecule has 1 saturated heterocycles. The SMILES string of the molecule is CC(C)(O)[C@@H]1CCC[C@H](CO)O1. The van der Waals surface area contributed by atoms with Gasteiger partial charge in [-0.05, 0) is 33.1 Å². The molecule has 1 aliphatic heterocycles. The maximum atomic E-state index is 9.65. The zero-order chi connectivity index (χ0) is 9.19. The van der Waals surface area contributed by atoms with Crippen molar-refractivity contribution in [3.63, 3.8) is 0 Å². The van der Waals surface area contributed by atoms with Crippen LogP contribution in [-0.4, -0.2) is 34.6 Å². The lowest BCUT2D eigenvalue weighted by Crippen LogP contribution is -2.44. The van der Waals surface area contributed by atoms with Crippen LogP contribution in [0.25, 0.3) is 0 Å². The van der Waals surface area contributed by atoms with Gasteiger partial charge in [-0.15, -0.1) is 0 Å². The van der Waals surface area contributed by atoms with Crippen LogP contribution in [0, 0.1) is 0 Å². The number of hydrogen-bond acceptors (Lipinski definition) is 3. The van der Waals surface area contributed by atoms with Crippen molar-refractivity contribution in [1.82, 2.24) is 0 Å². The first-order valence-electron chi connectivity index (χ1n) is 4.52. The molecule has 0 spiro atoms. The standard InChI is InChI=1S/C9H18O3/c1-9(2,11)8-5-3-4-7(6-10)12-8/h7-8,10-11H,3-6H2,1-2H3/t7-,8+/m1/s1. The van der Waals surface area contributed by atoms with E-state index in [0.717, 1.165) is 19.3 Å². The molecule has 1 heterocycles. The van der Waals surface area contributed by atoms with Gasteiger partial charge in [0.25, 0.3) is 0 Å². The fourth-order valence-corrected chi connectivity index (χ4v) is 1.55. The van der Waals surface area contributed by atoms with Crippen molar-refractivity contribution in [1.29, 1.82) is 0 Å². The van der Waals surface area contributed by atoms with E-state index < -0.39 is 5.60 Å². The van der Waals surface area contributed by atoms with Crippen molar-refractivity contribution in [3.05, 3.63) is 0 Å². The molecule has 0 amide bonds. The number of aliphatic hydroxyl groups excluding tert-OH is 1. The lowest BCUT2D eigenvalue weighted by Gasteiger charge is -2.36. The summed E-state index contributed by atoms with van der Waals surface area (Å²) in [6.45, 7) is 3.56. The molecule has 72 valence electrons. The number of ether oxygens (including phenoxy) is 1. The predicted molar refractivity (Wildman–Crippen MR) is 45.9 cm³/mol. The Labute approximate surface area is 73.4 Å². The molecule has 1 rings (SSSR count). The monoisotopic (exact) mass is 174 g/mol. The van der Waals surface area contributed by atoms with Crippen molar-refractivity contribution in [2.24, 2.45) is 0 Å². The van der Waals surface area contributed by atoms with Gasteiger partial charge in [0.1, 0.15) is 0 Å². The third-order valence-corrected chi connectivity index (χ3v) is 2.34. The van der Waals surface area contributed by atoms with Crippen molar-refractivity contribution in [2.75, 3.05) is 6.61 Å². The average Bonchev–Trinajstić information content (AvgIpc) is 2.03. The van der Waals surface area contributed by atoms with E-state index in [1.807, 2.05) is 0 Å². The van der Waals surface area contributed by atoms with Gasteiger partial charge in [-0.2, -0.15) is 0 Å². The molecule has 0 aliphatic carbocycles. The third-order valence-electron chi connectivity index (χ3n) is 2.34. The molecule has 0 aromatic heterocycles. The number of aliphatic hydroxyl groups is 2. The largest absolute Gasteiger partial charge is 0.394 e. The molecule has 0 aromatic rings. The highest BCUT2D eigenvalue weighted by Gasteiger charge is 2.32. The van der Waals surface area contributed by atoms with Gasteiger partial charge in [0.2, 0.25) is 0 Å². The van der Waals surface area contributed by atoms with Crippen LogP contribution >= 0.6 is 0 Å². The van der Waals surface area contributed by atoms with Gasteiger partial charge in [-0.25, -0.2) is 0 Å². The summed E-state index contributed by atoms with van der Waals surface area (Å²) in [5, 5.41) is 18.5. The second-order valence-electron chi connectivity index (χ2n) is 4.01. The minimum Gasteiger partial charge on any atom is -0.394 e. The summed E-state index contributed by atoms with van der Waals surface area (Å²) in [5.74, 6) is 0. The maximum absolute atomic E-state index is 9.65. The van der Waals surface area contributed by atoms with E-state index in [2.05, 4.69) is 0 Å². The summed E-state index contributed by atoms with van der Waals surface area (Å²) < 4.78 is 5.50. The molecule has 0 radical (unpaired) electrons. The van der Waals surface area contributed by atoms with Gasteiger partial charge in [-0.1, -0.05) is 0 Å². The predicted octanol–water partition coefficient (Wildman–Crippen LogP) is 0.687. The molecule has 1 fully saturated rings. The topological polar surface area (TPSA) is 49.7 Å². The van der Waals surface area contributed by atoms with Crippen molar-refractivity contribution >= 4 is 0 Å². The summed E-state index contributed by atoms with van der Waals surface area (Å²) in [6.07, 6.45) is 2.63. The Bertz CT molecular complexity index is 139. The van der Waals surface area contributed by atoms with Crippen LogP contribution in [0.3, 0.4) is 0 Å². The third kappa shape index (κ3) is 2.44. The van der Waals surface area contributed by atoms with Gasteiger partial charge in [0.15, 0.2) is 0 Å². The Morgan fingerprint density at radius 1 is 1.42 bits per heavy atom. The maximum Gasteiger partial charge on any atom is 0.0861 e. The molecule has 3 nitrogen and oxygen atoms in total. The van der Waals surface area contributed by atoms with Crippen molar-refractivity contribution in [3.8, 4) is 0 Å². The van der Waals surface area contributed by atoms with Crippen LogP contribution < -0.4 is 0 Å². The Balaban J connectivity index is 2.46. The normalized spacial score (nSPS) is 32.0. The smallest absolute Gasteiger partial charge is 0.0861 e. The summed E-state index contributed by atoms with van der Waals surface area (Å²) in [5.41, 5.74) is -0.784. The van der Waals surface area contributed by atoms with E-state index in [4.69, 9.17) is 9.84 Å². The van der Waals surface area contributed by atoms with Crippen LogP contribution in [0.1, 0.15) is 33.1 Å². The second-order valence-corrected chi connectivity index (χ2v) is 4.01. The molecule has 0 bridgehead atoms. The van der Waals surface area contributed by atoms with Crippen LogP contribution in [0.2, 0.25) is 0 Å². The van der Waals surface area contributed by atoms with E-state index in [1.54, 1.807) is 13.8 Å². The lowest BCUT2D eigenvalue weighted by molar-refractivity contribution is -0.150. The molecule has 0 saturated carbocycles. The highest BCUT2D eigenvalue weighted by molar-refractivity contribution is 4.82. The van der Waals surface area contributed by atoms with Crippen LogP contribution in [0.4, 0.5) is 0 Å². The van der Waals surface area contributed by atoms with Gasteiger partial charge in [0, 0.05) is 0 Å². The van der Waals surface area contributed by atoms with Crippen LogP contribution in [-0.2, 0) is 4.74 Å². The van der Waals surface area contributed by atoms with Crippen LogP contribution in [0.15, 0.2) is 0 Å². The zero-order valence-corrected chi connectivity index (χ0v) is 7.79. The molecule has 2 N–H and O–H groups in total. The summed E-state index contributed by atoms with van der Waals surface area (Å²) >= 11 is 0. The molecule has 12 heavy (non-hydrogen) atoms. The molecule has 3 heteroatoms. The number of hydrogen-bond donors (Lipinski definition) is 2. The van der Waals surface area contributed by atoms with Gasteiger partial charge in [-0.3, -0.25) is 0 Å². The fourth-order valence-electron chi connectivity index (χ4n) is 1.55.